The Bertz CT molecular complexity index is 584. The van der Waals surface area contributed by atoms with E-state index in [4.69, 9.17) is 5.73 Å². The summed E-state index contributed by atoms with van der Waals surface area (Å²) in [5.74, 6) is -0.199. The lowest BCUT2D eigenvalue weighted by molar-refractivity contribution is 0.0887. The highest BCUT2D eigenvalue weighted by molar-refractivity contribution is 5.92. The summed E-state index contributed by atoms with van der Waals surface area (Å²) in [6, 6.07) is 3.25. The van der Waals surface area contributed by atoms with Gasteiger partial charge in [0.25, 0.3) is 5.91 Å². The fraction of sp³-hybridized carbons (Fsp3) is 0.400. The maximum Gasteiger partial charge on any atom is 0.270 e. The van der Waals surface area contributed by atoms with Crippen LogP contribution in [0.2, 0.25) is 0 Å². The largest absolute Gasteiger partial charge is 0.397 e. The van der Waals surface area contributed by atoms with E-state index in [1.54, 1.807) is 24.7 Å². The molecular formula is C15H21N5O. The number of rotatable bonds is 4. The van der Waals surface area contributed by atoms with E-state index in [-0.39, 0.29) is 17.4 Å². The standard InChI is InChI=1S/C15H21N5O/c1-15(2,3)13(9-20-7-6-17-10-20)19-14(21)12-5-4-11(16)8-18-12/h4-8,10,13H,9,16H2,1-3H3,(H,19,21). The highest BCUT2D eigenvalue weighted by atomic mass is 16.1. The molecule has 2 aromatic rings. The SMILES string of the molecule is CC(C)(C)C(Cn1ccnc1)NC(=O)c1ccc(N)cn1. The van der Waals surface area contributed by atoms with Gasteiger partial charge in [0.15, 0.2) is 0 Å². The number of nitrogens with two attached hydrogens (primary N) is 1. The van der Waals surface area contributed by atoms with Crippen molar-refractivity contribution < 1.29 is 4.79 Å². The van der Waals surface area contributed by atoms with E-state index >= 15 is 0 Å². The Morgan fingerprint density at radius 3 is 2.71 bits per heavy atom. The first kappa shape index (κ1) is 15.0. The molecule has 1 amide bonds. The van der Waals surface area contributed by atoms with Gasteiger partial charge in [0.2, 0.25) is 0 Å². The Morgan fingerprint density at radius 2 is 2.19 bits per heavy atom. The average Bonchev–Trinajstić information content (AvgIpc) is 2.90. The molecule has 112 valence electrons. The van der Waals surface area contributed by atoms with Crippen molar-refractivity contribution in [1.82, 2.24) is 19.9 Å². The van der Waals surface area contributed by atoms with Crippen LogP contribution in [0.4, 0.5) is 5.69 Å². The van der Waals surface area contributed by atoms with Gasteiger partial charge in [-0.1, -0.05) is 20.8 Å². The van der Waals surface area contributed by atoms with E-state index in [2.05, 4.69) is 36.1 Å². The molecule has 0 saturated carbocycles. The first-order chi connectivity index (χ1) is 9.86. The van der Waals surface area contributed by atoms with E-state index in [1.807, 2.05) is 10.8 Å². The number of carbonyl (C=O) groups is 1. The van der Waals surface area contributed by atoms with Crippen molar-refractivity contribution in [3.05, 3.63) is 42.7 Å². The second-order valence-corrected chi connectivity index (χ2v) is 6.13. The van der Waals surface area contributed by atoms with Crippen molar-refractivity contribution in [2.75, 3.05) is 5.73 Å². The lowest BCUT2D eigenvalue weighted by atomic mass is 9.86. The molecule has 0 aromatic carbocycles. The number of hydrogen-bond donors (Lipinski definition) is 2. The number of nitrogen functional groups attached to an aromatic ring is 1. The second-order valence-electron chi connectivity index (χ2n) is 6.13. The molecule has 0 saturated heterocycles. The number of pyridine rings is 1. The van der Waals surface area contributed by atoms with Gasteiger partial charge in [0.1, 0.15) is 5.69 Å². The van der Waals surface area contributed by atoms with Gasteiger partial charge in [-0.25, -0.2) is 9.97 Å². The Hall–Kier alpha value is -2.37. The maximum absolute atomic E-state index is 12.3. The summed E-state index contributed by atoms with van der Waals surface area (Å²) in [4.78, 5) is 20.4. The molecule has 3 N–H and O–H groups in total. The van der Waals surface area contributed by atoms with Gasteiger partial charge in [-0.2, -0.15) is 0 Å². The number of nitrogens with one attached hydrogen (secondary N) is 1. The predicted molar refractivity (Wildman–Crippen MR) is 81.6 cm³/mol. The Kier molecular flexibility index (Phi) is 4.26. The van der Waals surface area contributed by atoms with Crippen molar-refractivity contribution in [3.63, 3.8) is 0 Å². The minimum atomic E-state index is -0.199. The van der Waals surface area contributed by atoms with Crippen LogP contribution in [-0.2, 0) is 6.54 Å². The lowest BCUT2D eigenvalue weighted by Crippen LogP contribution is -2.46. The summed E-state index contributed by atoms with van der Waals surface area (Å²) in [5.41, 5.74) is 6.40. The summed E-state index contributed by atoms with van der Waals surface area (Å²) in [6.07, 6.45) is 6.83. The van der Waals surface area contributed by atoms with Gasteiger partial charge in [-0.05, 0) is 17.5 Å². The maximum atomic E-state index is 12.3. The smallest absolute Gasteiger partial charge is 0.270 e. The molecule has 0 bridgehead atoms. The summed E-state index contributed by atoms with van der Waals surface area (Å²) in [7, 11) is 0. The summed E-state index contributed by atoms with van der Waals surface area (Å²) >= 11 is 0. The zero-order valence-electron chi connectivity index (χ0n) is 12.6. The van der Waals surface area contributed by atoms with Crippen LogP contribution in [0.1, 0.15) is 31.3 Å². The van der Waals surface area contributed by atoms with E-state index < -0.39 is 0 Å². The van der Waals surface area contributed by atoms with Gasteiger partial charge in [-0.15, -0.1) is 0 Å². The minimum Gasteiger partial charge on any atom is -0.397 e. The van der Waals surface area contributed by atoms with Gasteiger partial charge >= 0.3 is 0 Å². The first-order valence-corrected chi connectivity index (χ1v) is 6.84. The molecule has 0 aliphatic rings. The van der Waals surface area contributed by atoms with Gasteiger partial charge in [-0.3, -0.25) is 4.79 Å². The number of anilines is 1. The van der Waals surface area contributed by atoms with Crippen LogP contribution in [0.5, 0.6) is 0 Å². The normalized spacial score (nSPS) is 12.9. The van der Waals surface area contributed by atoms with Gasteiger partial charge in [0, 0.05) is 18.9 Å². The Balaban J connectivity index is 2.11. The fourth-order valence-corrected chi connectivity index (χ4v) is 1.91. The van der Waals surface area contributed by atoms with Crippen LogP contribution in [0.3, 0.4) is 0 Å². The zero-order chi connectivity index (χ0) is 15.5. The third-order valence-corrected chi connectivity index (χ3v) is 3.32. The molecule has 0 aliphatic heterocycles. The molecular weight excluding hydrogens is 266 g/mol. The van der Waals surface area contributed by atoms with Crippen molar-refractivity contribution in [2.45, 2.75) is 33.4 Å². The van der Waals surface area contributed by atoms with Crippen molar-refractivity contribution in [1.29, 1.82) is 0 Å². The number of hydrogen-bond acceptors (Lipinski definition) is 4. The number of nitrogens with zero attached hydrogens (tertiary/aromatic N) is 3. The molecule has 0 spiro atoms. The number of amides is 1. The van der Waals surface area contributed by atoms with Gasteiger partial charge < -0.3 is 15.6 Å². The summed E-state index contributed by atoms with van der Waals surface area (Å²) in [5, 5.41) is 3.04. The van der Waals surface area contributed by atoms with E-state index in [9.17, 15) is 4.79 Å². The van der Waals surface area contributed by atoms with Crippen LogP contribution in [0.25, 0.3) is 0 Å². The third-order valence-electron chi connectivity index (χ3n) is 3.32. The van der Waals surface area contributed by atoms with Crippen molar-refractivity contribution in [2.24, 2.45) is 5.41 Å². The zero-order valence-corrected chi connectivity index (χ0v) is 12.6. The molecule has 21 heavy (non-hydrogen) atoms. The molecule has 0 radical (unpaired) electrons. The van der Waals surface area contributed by atoms with Crippen LogP contribution in [-0.4, -0.2) is 26.5 Å². The Labute approximate surface area is 124 Å². The highest BCUT2D eigenvalue weighted by Gasteiger charge is 2.27. The summed E-state index contributed by atoms with van der Waals surface area (Å²) < 4.78 is 1.95. The molecule has 6 heteroatoms. The molecule has 1 atom stereocenters. The average molecular weight is 287 g/mol. The van der Waals surface area contributed by atoms with Crippen LogP contribution in [0.15, 0.2) is 37.1 Å². The number of aromatic nitrogens is 3. The third kappa shape index (κ3) is 4.05. The predicted octanol–water partition coefficient (Wildman–Crippen LogP) is 1.70. The number of imidazole rings is 1. The molecule has 6 nitrogen and oxygen atoms in total. The van der Waals surface area contributed by atoms with Gasteiger partial charge in [0.05, 0.1) is 24.3 Å². The fourth-order valence-electron chi connectivity index (χ4n) is 1.91. The quantitative estimate of drug-likeness (QED) is 0.896. The van der Waals surface area contributed by atoms with Crippen LogP contribution >= 0.6 is 0 Å². The van der Waals surface area contributed by atoms with E-state index in [0.29, 0.717) is 17.9 Å². The lowest BCUT2D eigenvalue weighted by Gasteiger charge is -2.31. The highest BCUT2D eigenvalue weighted by Crippen LogP contribution is 2.21. The first-order valence-electron chi connectivity index (χ1n) is 6.84. The second kappa shape index (κ2) is 5.95. The molecule has 2 heterocycles. The van der Waals surface area contributed by atoms with Crippen molar-refractivity contribution >= 4 is 11.6 Å². The van der Waals surface area contributed by atoms with Crippen molar-refractivity contribution in [3.8, 4) is 0 Å². The monoisotopic (exact) mass is 287 g/mol. The minimum absolute atomic E-state index is 0.0430. The van der Waals surface area contributed by atoms with E-state index in [0.717, 1.165) is 0 Å². The Morgan fingerprint density at radius 1 is 1.43 bits per heavy atom. The van der Waals surface area contributed by atoms with Crippen LogP contribution in [0, 0.1) is 5.41 Å². The molecule has 2 rings (SSSR count). The molecule has 2 aromatic heterocycles. The summed E-state index contributed by atoms with van der Waals surface area (Å²) in [6.45, 7) is 6.92. The van der Waals surface area contributed by atoms with E-state index in [1.165, 1.54) is 6.20 Å². The topological polar surface area (TPSA) is 85.8 Å². The molecule has 0 fully saturated rings. The number of carbonyl (C=O) groups excluding carboxylic acids is 1. The van der Waals surface area contributed by atoms with Crippen LogP contribution < -0.4 is 11.1 Å². The molecule has 0 aliphatic carbocycles. The molecule has 1 unspecified atom stereocenters.